The number of thiophene rings is 1. The summed E-state index contributed by atoms with van der Waals surface area (Å²) in [7, 11) is 0. The summed E-state index contributed by atoms with van der Waals surface area (Å²) < 4.78 is 13.4. The van der Waals surface area contributed by atoms with E-state index in [2.05, 4.69) is 4.98 Å². The molecule has 0 radical (unpaired) electrons. The molecule has 2 heterocycles. The van der Waals surface area contributed by atoms with Crippen LogP contribution in [-0.4, -0.2) is 4.98 Å². The number of pyridine rings is 1. The molecule has 0 amide bonds. The van der Waals surface area contributed by atoms with Crippen molar-refractivity contribution in [2.45, 2.75) is 0 Å². The zero-order valence-corrected chi connectivity index (χ0v) is 5.86. The number of aromatic nitrogens is 1. The van der Waals surface area contributed by atoms with Crippen molar-refractivity contribution in [1.29, 1.82) is 0 Å². The van der Waals surface area contributed by atoms with Crippen LogP contribution < -0.4 is 0 Å². The second-order valence-corrected chi connectivity index (χ2v) is 2.91. The molecule has 50 valence electrons. The smallest absolute Gasteiger partial charge is 0.213 e. The molecule has 0 N–H and O–H groups in total. The Morgan fingerprint density at radius 2 is 2.40 bits per heavy atom. The first-order valence-electron chi connectivity index (χ1n) is 2.85. The standard InChI is InChI=1S/C7H4FNS/c8-7-3-5-1-2-10-6(5)4-9-7/h1-4H. The van der Waals surface area contributed by atoms with Gasteiger partial charge in [0, 0.05) is 12.3 Å². The van der Waals surface area contributed by atoms with Gasteiger partial charge in [-0.3, -0.25) is 0 Å². The van der Waals surface area contributed by atoms with Crippen molar-refractivity contribution in [2.24, 2.45) is 0 Å². The lowest BCUT2D eigenvalue weighted by molar-refractivity contribution is 0.586. The molecule has 0 unspecified atom stereocenters. The quantitative estimate of drug-likeness (QED) is 0.530. The van der Waals surface area contributed by atoms with E-state index in [4.69, 9.17) is 0 Å². The van der Waals surface area contributed by atoms with Crippen molar-refractivity contribution >= 4 is 21.4 Å². The molecule has 0 saturated heterocycles. The van der Waals surface area contributed by atoms with Crippen LogP contribution in [0.4, 0.5) is 4.39 Å². The van der Waals surface area contributed by atoms with Crippen molar-refractivity contribution in [1.82, 2.24) is 4.98 Å². The van der Waals surface area contributed by atoms with Gasteiger partial charge in [0.05, 0.1) is 4.70 Å². The third kappa shape index (κ3) is 0.789. The van der Waals surface area contributed by atoms with E-state index in [0.29, 0.717) is 0 Å². The van der Waals surface area contributed by atoms with E-state index in [1.807, 2.05) is 11.4 Å². The van der Waals surface area contributed by atoms with E-state index in [1.165, 1.54) is 6.07 Å². The maximum Gasteiger partial charge on any atom is 0.213 e. The summed E-state index contributed by atoms with van der Waals surface area (Å²) in [5.41, 5.74) is 0. The average molecular weight is 153 g/mol. The fraction of sp³-hybridized carbons (Fsp3) is 0. The van der Waals surface area contributed by atoms with Gasteiger partial charge in [-0.15, -0.1) is 11.3 Å². The molecule has 0 atom stereocenters. The highest BCUT2D eigenvalue weighted by molar-refractivity contribution is 7.17. The van der Waals surface area contributed by atoms with Crippen LogP contribution in [0.1, 0.15) is 0 Å². The molecule has 0 saturated carbocycles. The lowest BCUT2D eigenvalue weighted by Gasteiger charge is -1.86. The van der Waals surface area contributed by atoms with Crippen molar-refractivity contribution in [3.8, 4) is 0 Å². The highest BCUT2D eigenvalue weighted by atomic mass is 32.1. The van der Waals surface area contributed by atoms with E-state index in [-0.39, 0.29) is 0 Å². The third-order valence-electron chi connectivity index (χ3n) is 1.31. The lowest BCUT2D eigenvalue weighted by Crippen LogP contribution is -1.76. The molecule has 1 nitrogen and oxygen atoms in total. The molecule has 2 aromatic rings. The summed E-state index contributed by atoms with van der Waals surface area (Å²) in [5, 5.41) is 2.85. The predicted octanol–water partition coefficient (Wildman–Crippen LogP) is 2.44. The molecule has 3 heteroatoms. The van der Waals surface area contributed by atoms with Crippen molar-refractivity contribution in [3.63, 3.8) is 0 Å². The molecule has 0 aliphatic rings. The molecule has 0 spiro atoms. The van der Waals surface area contributed by atoms with Crippen molar-refractivity contribution in [2.75, 3.05) is 0 Å². The van der Waals surface area contributed by atoms with Gasteiger partial charge in [-0.1, -0.05) is 0 Å². The Bertz CT molecular complexity index is 355. The fourth-order valence-electron chi connectivity index (χ4n) is 0.841. The van der Waals surface area contributed by atoms with E-state index >= 15 is 0 Å². The topological polar surface area (TPSA) is 12.9 Å². The summed E-state index contributed by atoms with van der Waals surface area (Å²) >= 11 is 1.57. The fourth-order valence-corrected chi connectivity index (χ4v) is 1.58. The van der Waals surface area contributed by atoms with Crippen LogP contribution in [0.5, 0.6) is 0 Å². The minimum Gasteiger partial charge on any atom is -0.227 e. The Morgan fingerprint density at radius 3 is 3.30 bits per heavy atom. The number of hydrogen-bond acceptors (Lipinski definition) is 2. The monoisotopic (exact) mass is 153 g/mol. The van der Waals surface area contributed by atoms with Crippen LogP contribution in [-0.2, 0) is 0 Å². The minimum absolute atomic E-state index is 0.411. The van der Waals surface area contributed by atoms with Gasteiger partial charge in [0.15, 0.2) is 0 Å². The molecular weight excluding hydrogens is 149 g/mol. The SMILES string of the molecule is Fc1cc2ccsc2cn1. The van der Waals surface area contributed by atoms with Gasteiger partial charge < -0.3 is 0 Å². The predicted molar refractivity (Wildman–Crippen MR) is 39.6 cm³/mol. The second-order valence-electron chi connectivity index (χ2n) is 1.97. The normalized spacial score (nSPS) is 10.5. The molecule has 2 aromatic heterocycles. The van der Waals surface area contributed by atoms with Crippen LogP contribution in [0.3, 0.4) is 0 Å². The van der Waals surface area contributed by atoms with E-state index in [9.17, 15) is 4.39 Å². The van der Waals surface area contributed by atoms with Crippen molar-refractivity contribution < 1.29 is 4.39 Å². The lowest BCUT2D eigenvalue weighted by atomic mass is 10.3. The first-order chi connectivity index (χ1) is 4.86. The first kappa shape index (κ1) is 5.80. The van der Waals surface area contributed by atoms with E-state index < -0.39 is 5.95 Å². The summed E-state index contributed by atoms with van der Waals surface area (Å²) in [5.74, 6) is -0.411. The summed E-state index contributed by atoms with van der Waals surface area (Å²) in [6.45, 7) is 0. The van der Waals surface area contributed by atoms with Gasteiger partial charge in [-0.25, -0.2) is 4.98 Å². The van der Waals surface area contributed by atoms with Crippen molar-refractivity contribution in [3.05, 3.63) is 29.7 Å². The zero-order chi connectivity index (χ0) is 6.97. The Balaban J connectivity index is 2.86. The van der Waals surface area contributed by atoms with Gasteiger partial charge in [0.1, 0.15) is 0 Å². The van der Waals surface area contributed by atoms with Crippen LogP contribution in [0, 0.1) is 5.95 Å². The molecule has 0 aromatic carbocycles. The molecule has 0 fully saturated rings. The Morgan fingerprint density at radius 1 is 1.50 bits per heavy atom. The summed E-state index contributed by atoms with van der Waals surface area (Å²) in [6, 6.07) is 3.32. The Kier molecular flexibility index (Phi) is 1.17. The average Bonchev–Trinajstić information content (AvgIpc) is 2.33. The Labute approximate surface area is 61.1 Å². The van der Waals surface area contributed by atoms with E-state index in [1.54, 1.807) is 17.5 Å². The van der Waals surface area contributed by atoms with Gasteiger partial charge in [0.25, 0.3) is 0 Å². The molecular formula is C7H4FNS. The maximum absolute atomic E-state index is 12.4. The number of nitrogens with zero attached hydrogens (tertiary/aromatic N) is 1. The van der Waals surface area contributed by atoms with E-state index in [0.717, 1.165) is 10.1 Å². The second kappa shape index (κ2) is 2.02. The first-order valence-corrected chi connectivity index (χ1v) is 3.73. The maximum atomic E-state index is 12.4. The highest BCUT2D eigenvalue weighted by Crippen LogP contribution is 2.19. The van der Waals surface area contributed by atoms with Gasteiger partial charge >= 0.3 is 0 Å². The number of hydrogen-bond donors (Lipinski definition) is 0. The zero-order valence-electron chi connectivity index (χ0n) is 5.04. The Hall–Kier alpha value is -0.960. The number of rotatable bonds is 0. The molecule has 0 aliphatic carbocycles. The number of fused-ring (bicyclic) bond motifs is 1. The summed E-state index contributed by atoms with van der Waals surface area (Å²) in [4.78, 5) is 3.52. The number of halogens is 1. The molecule has 2 rings (SSSR count). The largest absolute Gasteiger partial charge is 0.227 e. The molecule has 10 heavy (non-hydrogen) atoms. The summed E-state index contributed by atoms with van der Waals surface area (Å²) in [6.07, 6.45) is 1.55. The van der Waals surface area contributed by atoms with Gasteiger partial charge in [-0.05, 0) is 16.8 Å². The van der Waals surface area contributed by atoms with Crippen LogP contribution >= 0.6 is 11.3 Å². The van der Waals surface area contributed by atoms with Crippen LogP contribution in [0.15, 0.2) is 23.7 Å². The minimum atomic E-state index is -0.411. The molecule has 0 bridgehead atoms. The highest BCUT2D eigenvalue weighted by Gasteiger charge is 1.95. The third-order valence-corrected chi connectivity index (χ3v) is 2.17. The van der Waals surface area contributed by atoms with Crippen LogP contribution in [0.25, 0.3) is 10.1 Å². The van der Waals surface area contributed by atoms with Gasteiger partial charge in [0.2, 0.25) is 5.95 Å². The van der Waals surface area contributed by atoms with Crippen LogP contribution in [0.2, 0.25) is 0 Å². The van der Waals surface area contributed by atoms with Gasteiger partial charge in [-0.2, -0.15) is 4.39 Å². The molecule has 0 aliphatic heterocycles.